The van der Waals surface area contributed by atoms with E-state index in [2.05, 4.69) is 49.1 Å². The Morgan fingerprint density at radius 3 is 2.71 bits per heavy atom. The smallest absolute Gasteiger partial charge is 0.0753 e. The minimum atomic E-state index is 0.0327. The molecule has 1 fully saturated rings. The van der Waals surface area contributed by atoms with Crippen LogP contribution in [0.2, 0.25) is 0 Å². The van der Waals surface area contributed by atoms with Gasteiger partial charge in [-0.1, -0.05) is 30.3 Å². The van der Waals surface area contributed by atoms with Gasteiger partial charge in [-0.15, -0.1) is 0 Å². The number of benzene rings is 1. The van der Waals surface area contributed by atoms with Crippen LogP contribution >= 0.6 is 0 Å². The van der Waals surface area contributed by atoms with E-state index in [1.807, 2.05) is 0 Å². The minimum absolute atomic E-state index is 0.0327. The van der Waals surface area contributed by atoms with Gasteiger partial charge in [0.25, 0.3) is 0 Å². The van der Waals surface area contributed by atoms with E-state index in [0.717, 1.165) is 19.7 Å². The van der Waals surface area contributed by atoms with Crippen LogP contribution in [0, 0.1) is 0 Å². The number of morpholine rings is 1. The third kappa shape index (κ3) is 4.14. The molecule has 0 bridgehead atoms. The summed E-state index contributed by atoms with van der Waals surface area (Å²) in [5.41, 5.74) is 1.48. The quantitative estimate of drug-likeness (QED) is 0.793. The summed E-state index contributed by atoms with van der Waals surface area (Å²) in [4.78, 5) is 2.52. The molecule has 2 rings (SSSR count). The first kappa shape index (κ1) is 12.6. The molecular weight excluding hydrogens is 210 g/mol. The number of hydrogen-bond donors (Lipinski definition) is 0. The van der Waals surface area contributed by atoms with Crippen molar-refractivity contribution < 1.29 is 4.74 Å². The van der Waals surface area contributed by atoms with Crippen LogP contribution in [0.5, 0.6) is 0 Å². The first-order chi connectivity index (χ1) is 8.16. The zero-order chi connectivity index (χ0) is 12.1. The molecule has 1 heterocycles. The van der Waals surface area contributed by atoms with Crippen molar-refractivity contribution in [3.8, 4) is 0 Å². The van der Waals surface area contributed by atoms with Crippen molar-refractivity contribution >= 4 is 0 Å². The van der Waals surface area contributed by atoms with E-state index in [9.17, 15) is 0 Å². The maximum absolute atomic E-state index is 5.72. The van der Waals surface area contributed by atoms with Crippen molar-refractivity contribution in [2.45, 2.75) is 32.3 Å². The Balaban J connectivity index is 1.72. The topological polar surface area (TPSA) is 12.5 Å². The van der Waals surface area contributed by atoms with Crippen molar-refractivity contribution in [3.63, 3.8) is 0 Å². The van der Waals surface area contributed by atoms with Gasteiger partial charge in [-0.2, -0.15) is 0 Å². The number of hydrogen-bond acceptors (Lipinski definition) is 2. The number of aryl methyl sites for hydroxylation is 1. The van der Waals surface area contributed by atoms with E-state index in [4.69, 9.17) is 4.74 Å². The first-order valence-corrected chi connectivity index (χ1v) is 6.56. The molecule has 1 aliphatic heterocycles. The Morgan fingerprint density at radius 1 is 1.24 bits per heavy atom. The van der Waals surface area contributed by atoms with Crippen LogP contribution in [0.4, 0.5) is 0 Å². The molecule has 0 aliphatic carbocycles. The highest BCUT2D eigenvalue weighted by Gasteiger charge is 2.26. The van der Waals surface area contributed by atoms with Gasteiger partial charge >= 0.3 is 0 Å². The molecule has 0 radical (unpaired) electrons. The van der Waals surface area contributed by atoms with E-state index < -0.39 is 0 Å². The van der Waals surface area contributed by atoms with Crippen molar-refractivity contribution in [2.75, 3.05) is 26.2 Å². The standard InChI is InChI=1S/C15H23NO/c1-15(2)13-16(11-12-17-15)10-6-9-14-7-4-3-5-8-14/h3-5,7-8H,6,9-13H2,1-2H3. The van der Waals surface area contributed by atoms with Gasteiger partial charge in [0, 0.05) is 13.1 Å². The van der Waals surface area contributed by atoms with Gasteiger partial charge in [-0.05, 0) is 38.8 Å². The zero-order valence-corrected chi connectivity index (χ0v) is 11.0. The summed E-state index contributed by atoms with van der Waals surface area (Å²) in [5.74, 6) is 0. The molecule has 0 aromatic heterocycles. The summed E-state index contributed by atoms with van der Waals surface area (Å²) in [7, 11) is 0. The predicted molar refractivity (Wildman–Crippen MR) is 71.2 cm³/mol. The third-order valence-corrected chi connectivity index (χ3v) is 3.29. The van der Waals surface area contributed by atoms with Crippen LogP contribution in [0.1, 0.15) is 25.8 Å². The molecule has 0 amide bonds. The molecule has 0 spiro atoms. The molecule has 0 saturated carbocycles. The fourth-order valence-corrected chi connectivity index (χ4v) is 2.46. The number of rotatable bonds is 4. The average Bonchev–Trinajstić information content (AvgIpc) is 2.29. The molecular formula is C15H23NO. The Morgan fingerprint density at radius 2 is 2.00 bits per heavy atom. The second kappa shape index (κ2) is 5.65. The Hall–Kier alpha value is -0.860. The predicted octanol–water partition coefficient (Wildman–Crippen LogP) is 2.73. The second-order valence-electron chi connectivity index (χ2n) is 5.47. The van der Waals surface area contributed by atoms with Gasteiger partial charge in [-0.3, -0.25) is 4.90 Å². The minimum Gasteiger partial charge on any atom is -0.373 e. The second-order valence-corrected chi connectivity index (χ2v) is 5.47. The largest absolute Gasteiger partial charge is 0.373 e. The third-order valence-electron chi connectivity index (χ3n) is 3.29. The molecule has 0 atom stereocenters. The van der Waals surface area contributed by atoms with Crippen LogP contribution in [0.3, 0.4) is 0 Å². The summed E-state index contributed by atoms with van der Waals surface area (Å²) in [6.07, 6.45) is 2.42. The first-order valence-electron chi connectivity index (χ1n) is 6.56. The molecule has 2 heteroatoms. The highest BCUT2D eigenvalue weighted by Crippen LogP contribution is 2.16. The zero-order valence-electron chi connectivity index (χ0n) is 11.0. The summed E-state index contributed by atoms with van der Waals surface area (Å²) in [5, 5.41) is 0. The summed E-state index contributed by atoms with van der Waals surface area (Å²) < 4.78 is 5.72. The molecule has 1 saturated heterocycles. The maximum Gasteiger partial charge on any atom is 0.0753 e. The Labute approximate surface area is 105 Å². The molecule has 2 nitrogen and oxygen atoms in total. The molecule has 0 unspecified atom stereocenters. The summed E-state index contributed by atoms with van der Waals surface area (Å²) >= 11 is 0. The highest BCUT2D eigenvalue weighted by molar-refractivity contribution is 5.14. The van der Waals surface area contributed by atoms with Crippen LogP contribution in [0.25, 0.3) is 0 Å². The van der Waals surface area contributed by atoms with Crippen molar-refractivity contribution in [2.24, 2.45) is 0 Å². The molecule has 94 valence electrons. The summed E-state index contributed by atoms with van der Waals surface area (Å²) in [6, 6.07) is 10.7. The van der Waals surface area contributed by atoms with E-state index in [-0.39, 0.29) is 5.60 Å². The van der Waals surface area contributed by atoms with E-state index in [0.29, 0.717) is 0 Å². The van der Waals surface area contributed by atoms with E-state index in [1.165, 1.54) is 24.9 Å². The SMILES string of the molecule is CC1(C)CN(CCCc2ccccc2)CCO1. The maximum atomic E-state index is 5.72. The van der Waals surface area contributed by atoms with Gasteiger partial charge in [0.05, 0.1) is 12.2 Å². The lowest BCUT2D eigenvalue weighted by molar-refractivity contribution is -0.0859. The van der Waals surface area contributed by atoms with Crippen LogP contribution < -0.4 is 0 Å². The Kier molecular flexibility index (Phi) is 4.19. The van der Waals surface area contributed by atoms with Crippen molar-refractivity contribution in [3.05, 3.63) is 35.9 Å². The van der Waals surface area contributed by atoms with Crippen molar-refractivity contribution in [1.29, 1.82) is 0 Å². The normalized spacial score (nSPS) is 20.4. The molecule has 17 heavy (non-hydrogen) atoms. The average molecular weight is 233 g/mol. The molecule has 1 aromatic carbocycles. The fourth-order valence-electron chi connectivity index (χ4n) is 2.46. The molecule has 1 aromatic rings. The van der Waals surface area contributed by atoms with Crippen molar-refractivity contribution in [1.82, 2.24) is 4.90 Å². The molecule has 0 N–H and O–H groups in total. The van der Waals surface area contributed by atoms with Gasteiger partial charge in [-0.25, -0.2) is 0 Å². The van der Waals surface area contributed by atoms with E-state index in [1.54, 1.807) is 0 Å². The fraction of sp³-hybridized carbons (Fsp3) is 0.600. The lowest BCUT2D eigenvalue weighted by Crippen LogP contribution is -2.48. The van der Waals surface area contributed by atoms with Crippen LogP contribution in [0.15, 0.2) is 30.3 Å². The Bertz CT molecular complexity index is 334. The van der Waals surface area contributed by atoms with E-state index >= 15 is 0 Å². The highest BCUT2D eigenvalue weighted by atomic mass is 16.5. The van der Waals surface area contributed by atoms with Gasteiger partial charge in [0.1, 0.15) is 0 Å². The van der Waals surface area contributed by atoms with Gasteiger partial charge in [0.2, 0.25) is 0 Å². The lowest BCUT2D eigenvalue weighted by atomic mass is 10.1. The van der Waals surface area contributed by atoms with Gasteiger partial charge < -0.3 is 4.74 Å². The van der Waals surface area contributed by atoms with Crippen LogP contribution in [-0.2, 0) is 11.2 Å². The number of ether oxygens (including phenoxy) is 1. The molecule has 1 aliphatic rings. The van der Waals surface area contributed by atoms with Crippen LogP contribution in [-0.4, -0.2) is 36.7 Å². The lowest BCUT2D eigenvalue weighted by Gasteiger charge is -2.38. The monoisotopic (exact) mass is 233 g/mol. The van der Waals surface area contributed by atoms with Gasteiger partial charge in [0.15, 0.2) is 0 Å². The summed E-state index contributed by atoms with van der Waals surface area (Å²) in [6.45, 7) is 8.55. The number of nitrogens with zero attached hydrogens (tertiary/aromatic N) is 1.